The number of amides is 2. The molecule has 2 heterocycles. The number of rotatable bonds is 7. The van der Waals surface area contributed by atoms with Gasteiger partial charge >= 0.3 is 11.9 Å². The minimum atomic E-state index is -1.29. The van der Waals surface area contributed by atoms with E-state index in [0.29, 0.717) is 17.7 Å². The summed E-state index contributed by atoms with van der Waals surface area (Å²) in [7, 11) is 0. The monoisotopic (exact) mass is 434 g/mol. The van der Waals surface area contributed by atoms with E-state index < -0.39 is 41.2 Å². The lowest BCUT2D eigenvalue weighted by Gasteiger charge is -2.49. The highest BCUT2D eigenvalue weighted by atomic mass is 32.2. The van der Waals surface area contributed by atoms with E-state index in [2.05, 4.69) is 5.32 Å². The van der Waals surface area contributed by atoms with E-state index in [1.807, 2.05) is 0 Å². The van der Waals surface area contributed by atoms with Gasteiger partial charge in [0, 0.05) is 24.8 Å². The van der Waals surface area contributed by atoms with Crippen molar-refractivity contribution >= 4 is 35.5 Å². The number of nitrogens with zero attached hydrogens (tertiary/aromatic N) is 1. The van der Waals surface area contributed by atoms with Crippen molar-refractivity contribution in [2.75, 3.05) is 12.4 Å². The first kappa shape index (κ1) is 21.8. The molecule has 2 aliphatic heterocycles. The van der Waals surface area contributed by atoms with Crippen molar-refractivity contribution in [3.63, 3.8) is 0 Å². The van der Waals surface area contributed by atoms with Crippen molar-refractivity contribution in [3.05, 3.63) is 46.7 Å². The van der Waals surface area contributed by atoms with Crippen LogP contribution < -0.4 is 16.8 Å². The van der Waals surface area contributed by atoms with E-state index in [1.54, 1.807) is 24.3 Å². The molecule has 1 aromatic rings. The number of benzene rings is 1. The Balaban J connectivity index is 1.70. The number of nitrogens with two attached hydrogens (primary N) is 2. The van der Waals surface area contributed by atoms with E-state index in [1.165, 1.54) is 18.7 Å². The van der Waals surface area contributed by atoms with Crippen LogP contribution in [0.15, 0.2) is 35.5 Å². The number of hydrogen-bond acceptors (Lipinski definition) is 8. The molecular weight excluding hydrogens is 412 g/mol. The third-order valence-corrected chi connectivity index (χ3v) is 6.19. The van der Waals surface area contributed by atoms with Crippen molar-refractivity contribution in [1.29, 1.82) is 0 Å². The Kier molecular flexibility index (Phi) is 6.44. The van der Waals surface area contributed by atoms with Gasteiger partial charge in [0.15, 0.2) is 0 Å². The average molecular weight is 434 g/mol. The molecule has 1 fully saturated rings. The Morgan fingerprint density at radius 3 is 2.57 bits per heavy atom. The van der Waals surface area contributed by atoms with E-state index in [9.17, 15) is 24.3 Å². The molecule has 2 amide bonds. The van der Waals surface area contributed by atoms with E-state index in [4.69, 9.17) is 16.2 Å². The van der Waals surface area contributed by atoms with Crippen LogP contribution in [0.25, 0.3) is 0 Å². The lowest BCUT2D eigenvalue weighted by atomic mass is 10.0. The first-order chi connectivity index (χ1) is 14.2. The number of aliphatic carboxylic acids is 1. The predicted molar refractivity (Wildman–Crippen MR) is 108 cm³/mol. The number of esters is 1. The Morgan fingerprint density at radius 2 is 2.00 bits per heavy atom. The second-order valence-corrected chi connectivity index (χ2v) is 7.96. The molecule has 1 aromatic carbocycles. The zero-order chi connectivity index (χ0) is 22.0. The predicted octanol–water partition coefficient (Wildman–Crippen LogP) is -0.553. The molecular formula is C19H22N4O6S. The summed E-state index contributed by atoms with van der Waals surface area (Å²) in [6.45, 7) is 1.37. The Morgan fingerprint density at radius 1 is 1.33 bits per heavy atom. The number of ether oxygens (including phenoxy) is 1. The van der Waals surface area contributed by atoms with Gasteiger partial charge in [0.1, 0.15) is 29.8 Å². The van der Waals surface area contributed by atoms with Crippen LogP contribution in [0, 0.1) is 0 Å². The van der Waals surface area contributed by atoms with Gasteiger partial charge in [-0.3, -0.25) is 19.3 Å². The molecule has 3 atom stereocenters. The maximum atomic E-state index is 12.6. The standard InChI is InChI=1S/C19H22N4O6S/c1-9(24)29-7-12-8-30-18-14(17(26)23(18)15(12)19(27)28)22-16(25)13(21)11-4-2-10(6-20)3-5-11/h2-5,13-14,18H,6-8,20-21H2,1H3,(H,22,25)(H,27,28)/t13?,14-,18-/m1/s1. The van der Waals surface area contributed by atoms with Gasteiger partial charge in [0.05, 0.1) is 0 Å². The molecule has 0 aromatic heterocycles. The number of thioether (sulfide) groups is 1. The number of carbonyl (C=O) groups excluding carboxylic acids is 3. The fourth-order valence-corrected chi connectivity index (χ4v) is 4.57. The number of nitrogens with one attached hydrogen (secondary N) is 1. The fraction of sp³-hybridized carbons (Fsp3) is 0.368. The van der Waals surface area contributed by atoms with Crippen LogP contribution in [-0.4, -0.2) is 57.5 Å². The molecule has 0 aliphatic carbocycles. The lowest BCUT2D eigenvalue weighted by Crippen LogP contribution is -2.71. The molecule has 0 saturated carbocycles. The molecule has 11 heteroatoms. The molecule has 0 bridgehead atoms. The first-order valence-electron chi connectivity index (χ1n) is 9.12. The summed E-state index contributed by atoms with van der Waals surface area (Å²) < 4.78 is 4.89. The van der Waals surface area contributed by atoms with E-state index in [0.717, 1.165) is 10.5 Å². The topological polar surface area (TPSA) is 165 Å². The number of hydrogen-bond donors (Lipinski definition) is 4. The number of carboxylic acids is 1. The largest absolute Gasteiger partial charge is 0.477 e. The highest BCUT2D eigenvalue weighted by molar-refractivity contribution is 8.00. The third-order valence-electron chi connectivity index (χ3n) is 4.85. The molecule has 160 valence electrons. The van der Waals surface area contributed by atoms with Crippen LogP contribution in [0.1, 0.15) is 24.1 Å². The Hall–Kier alpha value is -2.89. The second-order valence-electron chi connectivity index (χ2n) is 6.86. The number of β-lactam (4-membered cyclic amide) rings is 1. The molecule has 10 nitrogen and oxygen atoms in total. The summed E-state index contributed by atoms with van der Waals surface area (Å²) in [5, 5.41) is 11.6. The van der Waals surface area contributed by atoms with E-state index >= 15 is 0 Å². The summed E-state index contributed by atoms with van der Waals surface area (Å²) in [5.41, 5.74) is 13.1. The highest BCUT2D eigenvalue weighted by Crippen LogP contribution is 2.40. The van der Waals surface area contributed by atoms with Gasteiger partial charge in [-0.05, 0) is 11.1 Å². The molecule has 2 aliphatic rings. The Bertz CT molecular complexity index is 916. The summed E-state index contributed by atoms with van der Waals surface area (Å²) in [6.07, 6.45) is 0. The SMILES string of the molecule is CC(=O)OCC1=C(C(=O)O)N2C(=O)[C@@H](NC(=O)C(N)c3ccc(CN)cc3)[C@H]2SC1. The minimum absolute atomic E-state index is 0.207. The average Bonchev–Trinajstić information content (AvgIpc) is 2.74. The normalized spacial score (nSPS) is 21.4. The van der Waals surface area contributed by atoms with Crippen LogP contribution in [0.4, 0.5) is 0 Å². The van der Waals surface area contributed by atoms with Gasteiger partial charge in [0.25, 0.3) is 5.91 Å². The number of fused-ring (bicyclic) bond motifs is 1. The summed E-state index contributed by atoms with van der Waals surface area (Å²) >= 11 is 1.28. The lowest BCUT2D eigenvalue weighted by molar-refractivity contribution is -0.151. The van der Waals surface area contributed by atoms with Crippen molar-refractivity contribution in [3.8, 4) is 0 Å². The molecule has 3 rings (SSSR count). The van der Waals surface area contributed by atoms with Crippen LogP contribution in [0.2, 0.25) is 0 Å². The summed E-state index contributed by atoms with van der Waals surface area (Å²) in [5.74, 6) is -2.68. The summed E-state index contributed by atoms with van der Waals surface area (Å²) in [6, 6.07) is 5.06. The van der Waals surface area contributed by atoms with Crippen molar-refractivity contribution < 1.29 is 29.0 Å². The first-order valence-corrected chi connectivity index (χ1v) is 10.2. The molecule has 0 spiro atoms. The van der Waals surface area contributed by atoms with Crippen molar-refractivity contribution in [2.45, 2.75) is 30.9 Å². The fourth-order valence-electron chi connectivity index (χ4n) is 3.24. The quantitative estimate of drug-likeness (QED) is 0.325. The van der Waals surface area contributed by atoms with Gasteiger partial charge in [0.2, 0.25) is 5.91 Å². The van der Waals surface area contributed by atoms with Crippen LogP contribution in [0.5, 0.6) is 0 Å². The van der Waals surface area contributed by atoms with Gasteiger partial charge in [-0.1, -0.05) is 24.3 Å². The maximum absolute atomic E-state index is 12.6. The number of carbonyl (C=O) groups is 4. The maximum Gasteiger partial charge on any atom is 0.352 e. The van der Waals surface area contributed by atoms with Crippen LogP contribution in [0.3, 0.4) is 0 Å². The zero-order valence-electron chi connectivity index (χ0n) is 16.2. The van der Waals surface area contributed by atoms with Gasteiger partial charge in [-0.2, -0.15) is 0 Å². The molecule has 1 unspecified atom stereocenters. The second kappa shape index (κ2) is 8.86. The van der Waals surface area contributed by atoms with Crippen molar-refractivity contribution in [1.82, 2.24) is 10.2 Å². The Labute approximate surface area is 176 Å². The van der Waals surface area contributed by atoms with Crippen LogP contribution >= 0.6 is 11.8 Å². The van der Waals surface area contributed by atoms with Gasteiger partial charge in [-0.25, -0.2) is 4.79 Å². The molecule has 30 heavy (non-hydrogen) atoms. The third kappa shape index (κ3) is 4.18. The highest BCUT2D eigenvalue weighted by Gasteiger charge is 2.54. The molecule has 6 N–H and O–H groups in total. The zero-order valence-corrected chi connectivity index (χ0v) is 17.0. The molecule has 0 radical (unpaired) electrons. The van der Waals surface area contributed by atoms with Crippen LogP contribution in [-0.2, 0) is 30.5 Å². The van der Waals surface area contributed by atoms with Gasteiger partial charge < -0.3 is 26.6 Å². The minimum Gasteiger partial charge on any atom is -0.477 e. The van der Waals surface area contributed by atoms with E-state index in [-0.39, 0.29) is 18.1 Å². The van der Waals surface area contributed by atoms with Gasteiger partial charge in [-0.15, -0.1) is 11.8 Å². The smallest absolute Gasteiger partial charge is 0.352 e. The number of carboxylic acid groups (broad SMARTS) is 1. The summed E-state index contributed by atoms with van der Waals surface area (Å²) in [4.78, 5) is 49.0. The molecule has 1 saturated heterocycles. The van der Waals surface area contributed by atoms with Crippen molar-refractivity contribution in [2.24, 2.45) is 11.5 Å².